The maximum Gasteiger partial charge on any atom is 0.294 e. The first kappa shape index (κ1) is 27.0. The van der Waals surface area contributed by atoms with Gasteiger partial charge in [0.15, 0.2) is 11.5 Å². The molecule has 0 aliphatic carbocycles. The van der Waals surface area contributed by atoms with Crippen molar-refractivity contribution in [2.75, 3.05) is 18.5 Å². The molecule has 3 aromatic carbocycles. The molecule has 0 bridgehead atoms. The van der Waals surface area contributed by atoms with Crippen molar-refractivity contribution in [2.24, 2.45) is 0 Å². The predicted molar refractivity (Wildman–Crippen MR) is 154 cm³/mol. The number of hydrogen-bond acceptors (Lipinski definition) is 6. The number of nitrogens with one attached hydrogen (secondary N) is 1. The summed E-state index contributed by atoms with van der Waals surface area (Å²) in [7, 11) is 0. The zero-order valence-corrected chi connectivity index (χ0v) is 23.4. The molecule has 37 heavy (non-hydrogen) atoms. The number of rotatable bonds is 9. The van der Waals surface area contributed by atoms with Crippen LogP contribution in [-0.2, 0) is 16.2 Å². The molecule has 1 aliphatic rings. The van der Waals surface area contributed by atoms with E-state index in [1.165, 1.54) is 0 Å². The summed E-state index contributed by atoms with van der Waals surface area (Å²) in [6, 6.07) is 19.9. The van der Waals surface area contributed by atoms with Crippen LogP contribution in [0.1, 0.15) is 18.1 Å². The van der Waals surface area contributed by atoms with Gasteiger partial charge in [0.05, 0.1) is 11.5 Å². The minimum atomic E-state index is -0.520. The third kappa shape index (κ3) is 7.27. The number of benzene rings is 3. The third-order valence-electron chi connectivity index (χ3n) is 5.18. The van der Waals surface area contributed by atoms with E-state index in [1.807, 2.05) is 31.2 Å². The van der Waals surface area contributed by atoms with Crippen LogP contribution in [-0.4, -0.2) is 35.1 Å². The monoisotopic (exact) mass is 648 g/mol. The number of carbonyl (C=O) groups is 3. The van der Waals surface area contributed by atoms with E-state index in [0.29, 0.717) is 41.0 Å². The molecule has 190 valence electrons. The number of anilines is 1. The van der Waals surface area contributed by atoms with Gasteiger partial charge in [-0.3, -0.25) is 19.3 Å². The quantitative estimate of drug-likeness (QED) is 0.208. The maximum atomic E-state index is 12.9. The summed E-state index contributed by atoms with van der Waals surface area (Å²) in [6.07, 6.45) is 1.60. The van der Waals surface area contributed by atoms with Crippen LogP contribution in [0.3, 0.4) is 0 Å². The number of hydrogen-bond donors (Lipinski definition) is 1. The summed E-state index contributed by atoms with van der Waals surface area (Å²) < 4.78 is 12.7. The highest BCUT2D eigenvalue weighted by Gasteiger charge is 2.36. The van der Waals surface area contributed by atoms with E-state index in [4.69, 9.17) is 21.1 Å². The SMILES string of the molecule is CCOc1cc(/C=C2\SC(=O)N(CC(=O)Nc3ccc(I)cc3)C2=O)ccc1OCc1ccc(Cl)cc1. The molecule has 0 spiro atoms. The minimum absolute atomic E-state index is 0.226. The first-order valence-electron chi connectivity index (χ1n) is 11.3. The standard InChI is InChI=1S/C27H22ClIN2O5S/c1-2-35-23-13-18(5-12-22(23)36-16-17-3-6-19(28)7-4-17)14-24-26(33)31(27(34)37-24)15-25(32)30-21-10-8-20(29)9-11-21/h3-14H,2,15-16H2,1H3,(H,30,32)/b24-14-. The number of amides is 3. The van der Waals surface area contributed by atoms with E-state index in [0.717, 1.165) is 25.8 Å². The highest BCUT2D eigenvalue weighted by molar-refractivity contribution is 14.1. The number of halogens is 2. The number of ether oxygens (including phenoxy) is 2. The van der Waals surface area contributed by atoms with Crippen molar-refractivity contribution in [2.45, 2.75) is 13.5 Å². The molecule has 0 aromatic heterocycles. The Bertz CT molecular complexity index is 1350. The summed E-state index contributed by atoms with van der Waals surface area (Å²) in [6.45, 7) is 2.25. The lowest BCUT2D eigenvalue weighted by molar-refractivity contribution is -0.127. The van der Waals surface area contributed by atoms with Crippen molar-refractivity contribution in [1.82, 2.24) is 4.90 Å². The van der Waals surface area contributed by atoms with Crippen molar-refractivity contribution in [3.63, 3.8) is 0 Å². The fourth-order valence-electron chi connectivity index (χ4n) is 3.41. The van der Waals surface area contributed by atoms with Gasteiger partial charge in [-0.2, -0.15) is 0 Å². The zero-order valence-electron chi connectivity index (χ0n) is 19.7. The zero-order chi connectivity index (χ0) is 26.4. The number of carbonyl (C=O) groups excluding carboxylic acids is 3. The van der Waals surface area contributed by atoms with Crippen molar-refractivity contribution in [3.05, 3.63) is 91.4 Å². The van der Waals surface area contributed by atoms with Crippen molar-refractivity contribution in [3.8, 4) is 11.5 Å². The van der Waals surface area contributed by atoms with Crippen molar-refractivity contribution in [1.29, 1.82) is 0 Å². The molecule has 3 amide bonds. The summed E-state index contributed by atoms with van der Waals surface area (Å²) in [4.78, 5) is 38.9. The van der Waals surface area contributed by atoms with Crippen LogP contribution in [0.5, 0.6) is 11.5 Å². The molecule has 7 nitrogen and oxygen atoms in total. The Morgan fingerprint density at radius 2 is 1.76 bits per heavy atom. The largest absolute Gasteiger partial charge is 0.490 e. The number of imide groups is 1. The van der Waals surface area contributed by atoms with Gasteiger partial charge in [0.1, 0.15) is 13.2 Å². The van der Waals surface area contributed by atoms with Gasteiger partial charge in [-0.05, 0) is 107 Å². The summed E-state index contributed by atoms with van der Waals surface area (Å²) in [5, 5.41) is 2.86. The molecule has 1 aliphatic heterocycles. The van der Waals surface area contributed by atoms with Gasteiger partial charge < -0.3 is 14.8 Å². The fraction of sp³-hybridized carbons (Fsp3) is 0.148. The molecular weight excluding hydrogens is 627 g/mol. The van der Waals surface area contributed by atoms with Crippen LogP contribution in [0, 0.1) is 3.57 Å². The van der Waals surface area contributed by atoms with Gasteiger partial charge in [0, 0.05) is 14.3 Å². The van der Waals surface area contributed by atoms with Gasteiger partial charge in [0.25, 0.3) is 11.1 Å². The third-order valence-corrected chi connectivity index (χ3v) is 7.05. The molecule has 1 saturated heterocycles. The lowest BCUT2D eigenvalue weighted by Crippen LogP contribution is -2.36. The summed E-state index contributed by atoms with van der Waals surface area (Å²) in [5.41, 5.74) is 2.21. The van der Waals surface area contributed by atoms with Crippen molar-refractivity contribution < 1.29 is 23.9 Å². The maximum absolute atomic E-state index is 12.9. The Morgan fingerprint density at radius 3 is 2.46 bits per heavy atom. The molecular formula is C27H22ClIN2O5S. The Hall–Kier alpha value is -3.02. The smallest absolute Gasteiger partial charge is 0.294 e. The second-order valence-corrected chi connectivity index (χ2v) is 10.6. The minimum Gasteiger partial charge on any atom is -0.490 e. The van der Waals surface area contributed by atoms with E-state index in [1.54, 1.807) is 48.5 Å². The van der Waals surface area contributed by atoms with E-state index in [9.17, 15) is 14.4 Å². The van der Waals surface area contributed by atoms with E-state index >= 15 is 0 Å². The molecule has 1 fully saturated rings. The molecule has 0 saturated carbocycles. The van der Waals surface area contributed by atoms with E-state index in [-0.39, 0.29) is 11.4 Å². The van der Waals surface area contributed by atoms with Crippen LogP contribution in [0.2, 0.25) is 5.02 Å². The van der Waals surface area contributed by atoms with Crippen LogP contribution in [0.15, 0.2) is 71.6 Å². The molecule has 10 heteroatoms. The molecule has 1 heterocycles. The highest BCUT2D eigenvalue weighted by Crippen LogP contribution is 2.35. The lowest BCUT2D eigenvalue weighted by atomic mass is 10.1. The Balaban J connectivity index is 1.44. The average molecular weight is 649 g/mol. The average Bonchev–Trinajstić information content (AvgIpc) is 3.13. The first-order valence-corrected chi connectivity index (χ1v) is 13.5. The Kier molecular flexibility index (Phi) is 9.12. The fourth-order valence-corrected chi connectivity index (χ4v) is 4.73. The van der Waals surface area contributed by atoms with E-state index in [2.05, 4.69) is 27.9 Å². The molecule has 3 aromatic rings. The van der Waals surface area contributed by atoms with Crippen LogP contribution >= 0.6 is 46.0 Å². The Labute approximate surface area is 237 Å². The van der Waals surface area contributed by atoms with Crippen LogP contribution in [0.25, 0.3) is 6.08 Å². The van der Waals surface area contributed by atoms with Gasteiger partial charge in [0.2, 0.25) is 5.91 Å². The van der Waals surface area contributed by atoms with Gasteiger partial charge in [-0.25, -0.2) is 0 Å². The second kappa shape index (κ2) is 12.5. The molecule has 0 unspecified atom stereocenters. The van der Waals surface area contributed by atoms with Crippen LogP contribution < -0.4 is 14.8 Å². The molecule has 0 atom stereocenters. The molecule has 1 N–H and O–H groups in total. The topological polar surface area (TPSA) is 84.9 Å². The van der Waals surface area contributed by atoms with Crippen LogP contribution in [0.4, 0.5) is 10.5 Å². The predicted octanol–water partition coefficient (Wildman–Crippen LogP) is 6.60. The van der Waals surface area contributed by atoms with Gasteiger partial charge in [-0.1, -0.05) is 29.8 Å². The summed E-state index contributed by atoms with van der Waals surface area (Å²) in [5.74, 6) is 0.0926. The van der Waals surface area contributed by atoms with Gasteiger partial charge >= 0.3 is 0 Å². The highest BCUT2D eigenvalue weighted by atomic mass is 127. The molecule has 0 radical (unpaired) electrons. The molecule has 4 rings (SSSR count). The summed E-state index contributed by atoms with van der Waals surface area (Å²) >= 11 is 8.89. The number of nitrogens with zero attached hydrogens (tertiary/aromatic N) is 1. The number of thioether (sulfide) groups is 1. The Morgan fingerprint density at radius 1 is 1.03 bits per heavy atom. The second-order valence-electron chi connectivity index (χ2n) is 7.88. The van der Waals surface area contributed by atoms with Gasteiger partial charge in [-0.15, -0.1) is 0 Å². The first-order chi connectivity index (χ1) is 17.8. The normalized spacial score (nSPS) is 14.2. The lowest BCUT2D eigenvalue weighted by Gasteiger charge is -2.13. The van der Waals surface area contributed by atoms with Crippen molar-refractivity contribution >= 4 is 74.8 Å². The van der Waals surface area contributed by atoms with E-state index < -0.39 is 17.1 Å².